The number of aromatic nitrogens is 2. The van der Waals surface area contributed by atoms with Crippen LogP contribution in [-0.4, -0.2) is 39.9 Å². The van der Waals surface area contributed by atoms with E-state index in [1.54, 1.807) is 14.1 Å². The van der Waals surface area contributed by atoms with Gasteiger partial charge in [0.05, 0.1) is 11.4 Å². The molecule has 0 aliphatic carbocycles. The Morgan fingerprint density at radius 1 is 1.21 bits per heavy atom. The van der Waals surface area contributed by atoms with Crippen LogP contribution in [0.2, 0.25) is 0 Å². The summed E-state index contributed by atoms with van der Waals surface area (Å²) in [4.78, 5) is 26.8. The fraction of sp³-hybridized carbons (Fsp3) is 0.476. The van der Waals surface area contributed by atoms with Gasteiger partial charge in [0.25, 0.3) is 5.24 Å². The molecule has 6 nitrogen and oxygen atoms in total. The van der Waals surface area contributed by atoms with Crippen LogP contribution >= 0.6 is 11.8 Å². The molecule has 0 saturated heterocycles. The van der Waals surface area contributed by atoms with Gasteiger partial charge in [-0.1, -0.05) is 26.0 Å². The van der Waals surface area contributed by atoms with E-state index in [0.29, 0.717) is 24.4 Å². The number of nitrogens with one attached hydrogen (secondary N) is 1. The average molecular weight is 403 g/mol. The third-order valence-corrected chi connectivity index (χ3v) is 5.51. The van der Waals surface area contributed by atoms with Gasteiger partial charge < -0.3 is 10.2 Å². The number of anilines is 1. The smallest absolute Gasteiger partial charge is 0.286 e. The first-order chi connectivity index (χ1) is 13.2. The van der Waals surface area contributed by atoms with Gasteiger partial charge in [-0.2, -0.15) is 5.10 Å². The minimum Gasteiger partial charge on any atom is -0.339 e. The monoisotopic (exact) mass is 402 g/mol. The molecule has 1 N–H and O–H groups in total. The normalized spacial score (nSPS) is 11.0. The Kier molecular flexibility index (Phi) is 7.69. The van der Waals surface area contributed by atoms with Crippen LogP contribution in [0, 0.1) is 19.8 Å². The van der Waals surface area contributed by atoms with Crippen molar-refractivity contribution >= 4 is 28.6 Å². The molecule has 2 amide bonds. The number of thioether (sulfide) groups is 1. The lowest BCUT2D eigenvalue weighted by atomic mass is 10.1. The Labute approximate surface area is 171 Å². The van der Waals surface area contributed by atoms with Crippen LogP contribution in [0.25, 0.3) is 0 Å². The van der Waals surface area contributed by atoms with Crippen molar-refractivity contribution in [3.8, 4) is 0 Å². The zero-order chi connectivity index (χ0) is 20.8. The highest BCUT2D eigenvalue weighted by molar-refractivity contribution is 8.13. The topological polar surface area (TPSA) is 67.2 Å². The zero-order valence-corrected chi connectivity index (χ0v) is 18.4. The molecule has 152 valence electrons. The molecule has 0 aliphatic heterocycles. The molecule has 7 heteroatoms. The Morgan fingerprint density at radius 2 is 1.89 bits per heavy atom. The quantitative estimate of drug-likeness (QED) is 0.693. The average Bonchev–Trinajstić information content (AvgIpc) is 2.87. The van der Waals surface area contributed by atoms with E-state index >= 15 is 0 Å². The summed E-state index contributed by atoms with van der Waals surface area (Å²) in [5, 5.41) is 7.48. The van der Waals surface area contributed by atoms with Crippen molar-refractivity contribution in [2.45, 2.75) is 52.0 Å². The van der Waals surface area contributed by atoms with Crippen LogP contribution in [0.3, 0.4) is 0 Å². The first kappa shape index (κ1) is 22.0. The van der Waals surface area contributed by atoms with Gasteiger partial charge in [-0.05, 0) is 55.6 Å². The fourth-order valence-electron chi connectivity index (χ4n) is 2.91. The van der Waals surface area contributed by atoms with Crippen molar-refractivity contribution in [3.63, 3.8) is 0 Å². The highest BCUT2D eigenvalue weighted by Crippen LogP contribution is 2.29. The molecule has 0 atom stereocenters. The van der Waals surface area contributed by atoms with E-state index in [2.05, 4.69) is 31.2 Å². The van der Waals surface area contributed by atoms with Crippen molar-refractivity contribution in [2.24, 2.45) is 5.92 Å². The molecule has 1 aromatic heterocycles. The first-order valence-electron chi connectivity index (χ1n) is 9.50. The van der Waals surface area contributed by atoms with Crippen molar-refractivity contribution in [1.29, 1.82) is 0 Å². The number of amides is 2. The van der Waals surface area contributed by atoms with Crippen molar-refractivity contribution in [2.75, 3.05) is 19.4 Å². The van der Waals surface area contributed by atoms with Crippen LogP contribution < -0.4 is 5.32 Å². The lowest BCUT2D eigenvalue weighted by molar-refractivity contribution is -0.116. The number of carbonyl (C=O) groups is 2. The predicted molar refractivity (Wildman–Crippen MR) is 115 cm³/mol. The van der Waals surface area contributed by atoms with E-state index in [1.807, 2.05) is 35.9 Å². The summed E-state index contributed by atoms with van der Waals surface area (Å²) in [5.41, 5.74) is 3.92. The van der Waals surface area contributed by atoms with Gasteiger partial charge >= 0.3 is 0 Å². The Balaban J connectivity index is 2.02. The lowest BCUT2D eigenvalue weighted by Crippen LogP contribution is -2.17. The first-order valence-corrected chi connectivity index (χ1v) is 10.3. The Bertz CT molecular complexity index is 843. The third kappa shape index (κ3) is 5.86. The molecule has 0 radical (unpaired) electrons. The summed E-state index contributed by atoms with van der Waals surface area (Å²) in [7, 11) is 3.42. The molecular weight excluding hydrogens is 372 g/mol. The van der Waals surface area contributed by atoms with E-state index in [1.165, 1.54) is 4.90 Å². The molecular formula is C21H30N4O2S. The summed E-state index contributed by atoms with van der Waals surface area (Å²) in [6.07, 6.45) is 1.02. The van der Waals surface area contributed by atoms with Crippen LogP contribution in [0.15, 0.2) is 29.2 Å². The van der Waals surface area contributed by atoms with Crippen LogP contribution in [0.4, 0.5) is 10.5 Å². The molecule has 1 aromatic carbocycles. The van der Waals surface area contributed by atoms with E-state index in [0.717, 1.165) is 40.2 Å². The second-order valence-corrected chi connectivity index (χ2v) is 8.53. The van der Waals surface area contributed by atoms with Crippen LogP contribution in [0.1, 0.15) is 37.2 Å². The molecule has 0 fully saturated rings. The van der Waals surface area contributed by atoms with Gasteiger partial charge in [0.15, 0.2) is 0 Å². The molecule has 1 heterocycles. The van der Waals surface area contributed by atoms with Crippen LogP contribution in [-0.2, 0) is 17.8 Å². The maximum Gasteiger partial charge on any atom is 0.286 e. The number of benzene rings is 1. The summed E-state index contributed by atoms with van der Waals surface area (Å²) in [6.45, 7) is 9.27. The molecule has 0 spiro atoms. The van der Waals surface area contributed by atoms with Gasteiger partial charge in [-0.3, -0.25) is 14.3 Å². The minimum atomic E-state index is -0.0782. The molecule has 0 aliphatic rings. The largest absolute Gasteiger partial charge is 0.339 e. The van der Waals surface area contributed by atoms with Crippen molar-refractivity contribution in [1.82, 2.24) is 14.7 Å². The van der Waals surface area contributed by atoms with Gasteiger partial charge in [-0.15, -0.1) is 0 Å². The van der Waals surface area contributed by atoms with Gasteiger partial charge in [0.1, 0.15) is 0 Å². The lowest BCUT2D eigenvalue weighted by Gasteiger charge is -2.13. The highest BCUT2D eigenvalue weighted by atomic mass is 32.2. The second-order valence-electron chi connectivity index (χ2n) is 7.53. The van der Waals surface area contributed by atoms with E-state index in [-0.39, 0.29) is 11.1 Å². The minimum absolute atomic E-state index is 0.0687. The molecule has 2 aromatic rings. The van der Waals surface area contributed by atoms with Gasteiger partial charge in [0, 0.05) is 37.7 Å². The predicted octanol–water partition coefficient (Wildman–Crippen LogP) is 4.50. The molecule has 0 unspecified atom stereocenters. The number of rotatable bonds is 7. The Morgan fingerprint density at radius 3 is 2.54 bits per heavy atom. The SMILES string of the molecule is Cc1nn(CC(C)C)c(C)c1CCC(=O)Nc1ccccc1SC(=O)N(C)C. The number of hydrogen-bond acceptors (Lipinski definition) is 4. The zero-order valence-electron chi connectivity index (χ0n) is 17.6. The summed E-state index contributed by atoms with van der Waals surface area (Å²) in [5.74, 6) is 0.453. The third-order valence-electron chi connectivity index (χ3n) is 4.40. The molecule has 28 heavy (non-hydrogen) atoms. The van der Waals surface area contributed by atoms with Crippen molar-refractivity contribution in [3.05, 3.63) is 41.2 Å². The van der Waals surface area contributed by atoms with Crippen LogP contribution in [0.5, 0.6) is 0 Å². The second kappa shape index (κ2) is 9.78. The molecule has 0 saturated carbocycles. The molecule has 0 bridgehead atoms. The van der Waals surface area contributed by atoms with E-state index in [9.17, 15) is 9.59 Å². The maximum atomic E-state index is 12.5. The van der Waals surface area contributed by atoms with E-state index in [4.69, 9.17) is 0 Å². The van der Waals surface area contributed by atoms with Crippen molar-refractivity contribution < 1.29 is 9.59 Å². The number of nitrogens with zero attached hydrogens (tertiary/aromatic N) is 3. The number of para-hydroxylation sites is 1. The maximum absolute atomic E-state index is 12.5. The van der Waals surface area contributed by atoms with Gasteiger partial charge in [-0.25, -0.2) is 0 Å². The number of aryl methyl sites for hydroxylation is 1. The highest BCUT2D eigenvalue weighted by Gasteiger charge is 2.15. The fourth-order valence-corrected chi connectivity index (χ4v) is 3.66. The standard InChI is InChI=1S/C21H30N4O2S/c1-14(2)13-25-16(4)17(15(3)23-25)11-12-20(26)22-18-9-7-8-10-19(18)28-21(27)24(5)6/h7-10,14H,11-13H2,1-6H3,(H,22,26). The number of hydrogen-bond donors (Lipinski definition) is 1. The van der Waals surface area contributed by atoms with E-state index < -0.39 is 0 Å². The van der Waals surface area contributed by atoms with Gasteiger partial charge in [0.2, 0.25) is 5.91 Å². The Hall–Kier alpha value is -2.28. The summed E-state index contributed by atoms with van der Waals surface area (Å²) < 4.78 is 2.03. The summed E-state index contributed by atoms with van der Waals surface area (Å²) >= 11 is 1.11. The number of carbonyl (C=O) groups excluding carboxylic acids is 2. The summed E-state index contributed by atoms with van der Waals surface area (Å²) in [6, 6.07) is 7.37. The molecule has 2 rings (SSSR count).